The van der Waals surface area contributed by atoms with Crippen LogP contribution in [0.3, 0.4) is 0 Å². The SMILES string of the molecule is O=C(NC1CCCC1)[C@H](Cc1ccccc1)N(Cc1ccc(Br)cc1)C(=O)CN(c1cc(C(F)(F)F)ccc1Cl)S(=O)(=O)c1ccccc1. The molecule has 0 radical (unpaired) electrons. The van der Waals surface area contributed by atoms with Crippen molar-refractivity contribution in [3.05, 3.63) is 129 Å². The summed E-state index contributed by atoms with van der Waals surface area (Å²) in [4.78, 5) is 29.7. The molecule has 1 atom stereocenters. The summed E-state index contributed by atoms with van der Waals surface area (Å²) in [6, 6.07) is 24.4. The summed E-state index contributed by atoms with van der Waals surface area (Å²) in [5, 5.41) is 2.78. The summed E-state index contributed by atoms with van der Waals surface area (Å²) in [6.45, 7) is -1.02. The van der Waals surface area contributed by atoms with E-state index in [-0.39, 0.29) is 28.9 Å². The molecule has 4 aromatic rings. The Hall–Kier alpha value is -3.87. The Labute approximate surface area is 297 Å². The molecule has 1 saturated carbocycles. The largest absolute Gasteiger partial charge is 0.416 e. The van der Waals surface area contributed by atoms with Gasteiger partial charge in [0.1, 0.15) is 12.6 Å². The number of sulfonamides is 1. The van der Waals surface area contributed by atoms with Gasteiger partial charge in [-0.3, -0.25) is 13.9 Å². The molecular formula is C36H34BrClF3N3O4S. The number of hydrogen-bond acceptors (Lipinski definition) is 4. The third kappa shape index (κ3) is 9.23. The van der Waals surface area contributed by atoms with Crippen LogP contribution in [0.25, 0.3) is 0 Å². The van der Waals surface area contributed by atoms with Gasteiger partial charge in [-0.05, 0) is 66.4 Å². The summed E-state index contributed by atoms with van der Waals surface area (Å²) in [5.41, 5.74) is -0.250. The smallest absolute Gasteiger partial charge is 0.352 e. The number of halogens is 5. The molecule has 5 rings (SSSR count). The van der Waals surface area contributed by atoms with Gasteiger partial charge in [0.05, 0.1) is 21.2 Å². The van der Waals surface area contributed by atoms with Crippen molar-refractivity contribution in [2.75, 3.05) is 10.8 Å². The Bertz CT molecular complexity index is 1860. The number of rotatable bonds is 12. The van der Waals surface area contributed by atoms with E-state index >= 15 is 0 Å². The van der Waals surface area contributed by atoms with E-state index in [1.54, 1.807) is 30.3 Å². The van der Waals surface area contributed by atoms with Crippen molar-refractivity contribution in [3.8, 4) is 0 Å². The molecule has 7 nitrogen and oxygen atoms in total. The number of hydrogen-bond donors (Lipinski definition) is 1. The number of carbonyl (C=O) groups excluding carboxylic acids is 2. The van der Waals surface area contributed by atoms with Gasteiger partial charge in [-0.15, -0.1) is 0 Å². The van der Waals surface area contributed by atoms with Crippen LogP contribution in [0, 0.1) is 0 Å². The molecule has 0 bridgehead atoms. The third-order valence-corrected chi connectivity index (χ3v) is 11.0. The van der Waals surface area contributed by atoms with Gasteiger partial charge in [-0.2, -0.15) is 13.2 Å². The fraction of sp³-hybridized carbons (Fsp3) is 0.278. The first-order valence-electron chi connectivity index (χ1n) is 15.7. The number of benzene rings is 4. The van der Waals surface area contributed by atoms with Crippen molar-refractivity contribution in [2.24, 2.45) is 0 Å². The summed E-state index contributed by atoms with van der Waals surface area (Å²) in [7, 11) is -4.64. The molecule has 1 fully saturated rings. The Morgan fingerprint density at radius 2 is 1.49 bits per heavy atom. The molecule has 0 spiro atoms. The maximum atomic E-state index is 14.6. The highest BCUT2D eigenvalue weighted by Gasteiger charge is 2.38. The standard InChI is InChI=1S/C36H34BrClF3N3O4S/c37-28-18-15-26(16-19-28)23-43(33(21-25-9-3-1-4-10-25)35(46)42-29-11-7-8-12-29)34(45)24-44(49(47,48)30-13-5-2-6-14-30)32-22-27(36(39,40)41)17-20-31(32)38/h1-6,9-10,13-20,22,29,33H,7-8,11-12,21,23-24H2,(H,42,46)/t33-/m0/s1. The molecule has 2 amide bonds. The van der Waals surface area contributed by atoms with Crippen molar-refractivity contribution in [1.29, 1.82) is 0 Å². The molecule has 1 aliphatic carbocycles. The van der Waals surface area contributed by atoms with Crippen molar-refractivity contribution in [2.45, 2.75) is 61.8 Å². The zero-order valence-electron chi connectivity index (χ0n) is 26.2. The Kier molecular flexibility index (Phi) is 11.7. The summed E-state index contributed by atoms with van der Waals surface area (Å²) in [5.74, 6) is -1.21. The first-order valence-corrected chi connectivity index (χ1v) is 18.3. The molecule has 0 unspecified atom stereocenters. The van der Waals surface area contributed by atoms with Crippen LogP contribution >= 0.6 is 27.5 Å². The van der Waals surface area contributed by atoms with Crippen LogP contribution in [0.2, 0.25) is 5.02 Å². The van der Waals surface area contributed by atoms with E-state index in [4.69, 9.17) is 11.6 Å². The van der Waals surface area contributed by atoms with E-state index in [0.29, 0.717) is 15.9 Å². The first-order chi connectivity index (χ1) is 23.3. The van der Waals surface area contributed by atoms with Crippen LogP contribution in [-0.4, -0.2) is 43.8 Å². The second kappa shape index (κ2) is 15.8. The van der Waals surface area contributed by atoms with Crippen LogP contribution < -0.4 is 9.62 Å². The number of alkyl halides is 3. The lowest BCUT2D eigenvalue weighted by atomic mass is 10.0. The lowest BCUT2D eigenvalue weighted by Crippen LogP contribution is -2.54. The quantitative estimate of drug-likeness (QED) is 0.158. The zero-order chi connectivity index (χ0) is 35.2. The molecule has 0 heterocycles. The summed E-state index contributed by atoms with van der Waals surface area (Å²) < 4.78 is 71.3. The van der Waals surface area contributed by atoms with Crippen molar-refractivity contribution < 1.29 is 31.2 Å². The molecule has 1 aliphatic rings. The van der Waals surface area contributed by atoms with E-state index in [0.717, 1.165) is 47.9 Å². The lowest BCUT2D eigenvalue weighted by molar-refractivity contribution is -0.140. The zero-order valence-corrected chi connectivity index (χ0v) is 29.4. The van der Waals surface area contributed by atoms with E-state index in [1.807, 2.05) is 30.3 Å². The number of amides is 2. The second-order valence-electron chi connectivity index (χ2n) is 11.8. The van der Waals surface area contributed by atoms with Crippen molar-refractivity contribution >= 4 is 55.1 Å². The van der Waals surface area contributed by atoms with Gasteiger partial charge in [-0.25, -0.2) is 8.42 Å². The molecule has 1 N–H and O–H groups in total. The van der Waals surface area contributed by atoms with E-state index in [2.05, 4.69) is 21.2 Å². The fourth-order valence-electron chi connectivity index (χ4n) is 5.82. The lowest BCUT2D eigenvalue weighted by Gasteiger charge is -2.34. The summed E-state index contributed by atoms with van der Waals surface area (Å²) >= 11 is 9.80. The van der Waals surface area contributed by atoms with E-state index < -0.39 is 51.9 Å². The average molecular weight is 777 g/mol. The molecule has 13 heteroatoms. The summed E-state index contributed by atoms with van der Waals surface area (Å²) in [6.07, 6.45) is -1.21. The van der Waals surface area contributed by atoms with Crippen LogP contribution in [0.5, 0.6) is 0 Å². The molecular weight excluding hydrogens is 743 g/mol. The normalized spacial score (nSPS) is 14.3. The first kappa shape index (κ1) is 36.4. The Morgan fingerprint density at radius 1 is 0.878 bits per heavy atom. The maximum absolute atomic E-state index is 14.6. The van der Waals surface area contributed by atoms with Gasteiger partial charge in [0, 0.05) is 23.5 Å². The molecule has 258 valence electrons. The maximum Gasteiger partial charge on any atom is 0.416 e. The molecule has 0 saturated heterocycles. The van der Waals surface area contributed by atoms with Gasteiger partial charge in [0.15, 0.2) is 0 Å². The molecule has 4 aromatic carbocycles. The topological polar surface area (TPSA) is 86.8 Å². The molecule has 0 aromatic heterocycles. The Morgan fingerprint density at radius 3 is 2.10 bits per heavy atom. The van der Waals surface area contributed by atoms with Crippen LogP contribution in [0.15, 0.2) is 112 Å². The van der Waals surface area contributed by atoms with Gasteiger partial charge in [-0.1, -0.05) is 101 Å². The minimum Gasteiger partial charge on any atom is -0.352 e. The minimum atomic E-state index is -4.82. The highest BCUT2D eigenvalue weighted by Crippen LogP contribution is 2.37. The highest BCUT2D eigenvalue weighted by molar-refractivity contribution is 9.10. The van der Waals surface area contributed by atoms with Gasteiger partial charge in [0.25, 0.3) is 10.0 Å². The number of nitrogens with zero attached hydrogens (tertiary/aromatic N) is 2. The molecule has 0 aliphatic heterocycles. The second-order valence-corrected chi connectivity index (χ2v) is 15.0. The monoisotopic (exact) mass is 775 g/mol. The number of carbonyl (C=O) groups is 2. The third-order valence-electron chi connectivity index (χ3n) is 8.39. The fourth-order valence-corrected chi connectivity index (χ4v) is 7.80. The van der Waals surface area contributed by atoms with Crippen LogP contribution in [0.4, 0.5) is 18.9 Å². The highest BCUT2D eigenvalue weighted by atomic mass is 79.9. The van der Waals surface area contributed by atoms with Crippen LogP contribution in [0.1, 0.15) is 42.4 Å². The minimum absolute atomic E-state index is 0.0747. The van der Waals surface area contributed by atoms with Gasteiger partial charge >= 0.3 is 6.18 Å². The van der Waals surface area contributed by atoms with Crippen molar-refractivity contribution in [1.82, 2.24) is 10.2 Å². The van der Waals surface area contributed by atoms with Crippen LogP contribution in [-0.2, 0) is 38.8 Å². The van der Waals surface area contributed by atoms with E-state index in [1.165, 1.54) is 29.2 Å². The number of nitrogens with one attached hydrogen (secondary N) is 1. The van der Waals surface area contributed by atoms with Gasteiger partial charge < -0.3 is 10.2 Å². The Balaban J connectivity index is 1.61. The van der Waals surface area contributed by atoms with E-state index in [9.17, 15) is 31.2 Å². The molecule has 49 heavy (non-hydrogen) atoms. The van der Waals surface area contributed by atoms with Gasteiger partial charge in [0.2, 0.25) is 11.8 Å². The predicted molar refractivity (Wildman–Crippen MR) is 186 cm³/mol. The average Bonchev–Trinajstić information content (AvgIpc) is 3.59. The number of anilines is 1. The van der Waals surface area contributed by atoms with Crippen molar-refractivity contribution in [3.63, 3.8) is 0 Å². The predicted octanol–water partition coefficient (Wildman–Crippen LogP) is 8.02.